The van der Waals surface area contributed by atoms with E-state index in [1.807, 2.05) is 54.6 Å². The fourth-order valence-electron chi connectivity index (χ4n) is 3.57. The Morgan fingerprint density at radius 2 is 1.60 bits per heavy atom. The van der Waals surface area contributed by atoms with E-state index in [1.54, 1.807) is 13.3 Å². The molecule has 0 radical (unpaired) electrons. The van der Waals surface area contributed by atoms with E-state index < -0.39 is 0 Å². The maximum atomic E-state index is 12.7. The van der Waals surface area contributed by atoms with Gasteiger partial charge >= 0.3 is 0 Å². The average molecular weight is 397 g/mol. The molecule has 30 heavy (non-hydrogen) atoms. The molecule has 2 aromatic carbocycles. The Kier molecular flexibility index (Phi) is 5.35. The monoisotopic (exact) mass is 397 g/mol. The molecule has 4 rings (SSSR count). The van der Waals surface area contributed by atoms with E-state index in [-0.39, 0.29) is 5.91 Å². The van der Waals surface area contributed by atoms with Crippen LogP contribution in [0.3, 0.4) is 0 Å². The minimum absolute atomic E-state index is 0.190. The molecule has 0 aliphatic heterocycles. The number of hydrogen-bond donors (Lipinski definition) is 1. The molecule has 0 aliphatic carbocycles. The van der Waals surface area contributed by atoms with Crippen molar-refractivity contribution in [3.05, 3.63) is 95.9 Å². The first-order chi connectivity index (χ1) is 14.6. The van der Waals surface area contributed by atoms with Crippen LogP contribution < -0.4 is 10.1 Å². The Bertz CT molecular complexity index is 1170. The number of methoxy groups -OCH3 is 1. The van der Waals surface area contributed by atoms with E-state index in [0.29, 0.717) is 17.0 Å². The van der Waals surface area contributed by atoms with Crippen LogP contribution in [-0.2, 0) is 0 Å². The normalized spacial score (nSPS) is 10.6. The summed E-state index contributed by atoms with van der Waals surface area (Å²) in [6.07, 6.45) is 1.79. The van der Waals surface area contributed by atoms with Gasteiger partial charge in [0.1, 0.15) is 5.75 Å². The van der Waals surface area contributed by atoms with Crippen LogP contribution in [0, 0.1) is 13.8 Å². The van der Waals surface area contributed by atoms with Gasteiger partial charge in [-0.25, -0.2) is 0 Å². The van der Waals surface area contributed by atoms with Crippen molar-refractivity contribution in [3.63, 3.8) is 0 Å². The van der Waals surface area contributed by atoms with Gasteiger partial charge in [0.2, 0.25) is 0 Å². The number of carbonyl (C=O) groups is 1. The molecule has 5 nitrogen and oxygen atoms in total. The standard InChI is InChI=1S/C25H23N3O2/c1-17-10-11-18(2)28(17)22-8-6-16-26-24(22)19-12-14-20(15-13-19)25(29)27-21-7-4-5-9-23(21)30-3/h4-16H,1-3H3,(H,27,29). The van der Waals surface area contributed by atoms with Gasteiger partial charge in [0.25, 0.3) is 5.91 Å². The van der Waals surface area contributed by atoms with Crippen LogP contribution in [0.5, 0.6) is 5.75 Å². The zero-order valence-electron chi connectivity index (χ0n) is 17.2. The number of rotatable bonds is 5. The predicted molar refractivity (Wildman–Crippen MR) is 119 cm³/mol. The zero-order chi connectivity index (χ0) is 21.1. The molecule has 0 atom stereocenters. The van der Waals surface area contributed by atoms with Crippen molar-refractivity contribution in [1.29, 1.82) is 0 Å². The number of ether oxygens (including phenoxy) is 1. The predicted octanol–water partition coefficient (Wildman–Crippen LogP) is 5.42. The van der Waals surface area contributed by atoms with E-state index in [0.717, 1.165) is 28.3 Å². The van der Waals surface area contributed by atoms with Crippen LogP contribution in [-0.4, -0.2) is 22.6 Å². The van der Waals surface area contributed by atoms with E-state index in [2.05, 4.69) is 46.9 Å². The number of anilines is 1. The molecule has 0 unspecified atom stereocenters. The molecule has 0 saturated heterocycles. The topological polar surface area (TPSA) is 56.1 Å². The van der Waals surface area contributed by atoms with E-state index in [1.165, 1.54) is 0 Å². The highest BCUT2D eigenvalue weighted by atomic mass is 16.5. The second-order valence-electron chi connectivity index (χ2n) is 7.05. The van der Waals surface area contributed by atoms with Crippen LogP contribution >= 0.6 is 0 Å². The highest BCUT2D eigenvalue weighted by molar-refractivity contribution is 6.05. The number of benzene rings is 2. The Hall–Kier alpha value is -3.86. The van der Waals surface area contributed by atoms with Crippen LogP contribution in [0.15, 0.2) is 79.0 Å². The van der Waals surface area contributed by atoms with Gasteiger partial charge in [0.15, 0.2) is 0 Å². The van der Waals surface area contributed by atoms with Crippen molar-refractivity contribution in [2.75, 3.05) is 12.4 Å². The van der Waals surface area contributed by atoms with Crippen LogP contribution in [0.1, 0.15) is 21.7 Å². The van der Waals surface area contributed by atoms with Crippen molar-refractivity contribution in [1.82, 2.24) is 9.55 Å². The fraction of sp³-hybridized carbons (Fsp3) is 0.120. The summed E-state index contributed by atoms with van der Waals surface area (Å²) < 4.78 is 7.49. The molecule has 0 fully saturated rings. The second kappa shape index (κ2) is 8.25. The average Bonchev–Trinajstić information content (AvgIpc) is 3.12. The van der Waals surface area contributed by atoms with Crippen molar-refractivity contribution in [3.8, 4) is 22.7 Å². The summed E-state index contributed by atoms with van der Waals surface area (Å²) in [4.78, 5) is 17.3. The third-order valence-corrected chi connectivity index (χ3v) is 5.07. The molecule has 1 amide bonds. The summed E-state index contributed by atoms with van der Waals surface area (Å²) >= 11 is 0. The lowest BCUT2D eigenvalue weighted by atomic mass is 10.1. The molecule has 0 saturated carbocycles. The number of hydrogen-bond acceptors (Lipinski definition) is 3. The van der Waals surface area contributed by atoms with Crippen molar-refractivity contribution in [2.24, 2.45) is 0 Å². The molecule has 2 aromatic heterocycles. The quantitative estimate of drug-likeness (QED) is 0.489. The van der Waals surface area contributed by atoms with Crippen molar-refractivity contribution >= 4 is 11.6 Å². The molecule has 1 N–H and O–H groups in total. The van der Waals surface area contributed by atoms with Gasteiger partial charge in [-0.2, -0.15) is 0 Å². The molecule has 5 heteroatoms. The summed E-state index contributed by atoms with van der Waals surface area (Å²) in [5.74, 6) is 0.433. The van der Waals surface area contributed by atoms with Crippen molar-refractivity contribution in [2.45, 2.75) is 13.8 Å². The Balaban J connectivity index is 1.63. The van der Waals surface area contributed by atoms with E-state index in [4.69, 9.17) is 4.74 Å². The van der Waals surface area contributed by atoms with Gasteiger partial charge in [0.05, 0.1) is 24.2 Å². The lowest BCUT2D eigenvalue weighted by Gasteiger charge is -2.14. The maximum Gasteiger partial charge on any atom is 0.255 e. The third kappa shape index (κ3) is 3.70. The Labute approximate surface area is 176 Å². The number of amides is 1. The SMILES string of the molecule is COc1ccccc1NC(=O)c1ccc(-c2ncccc2-n2c(C)ccc2C)cc1. The van der Waals surface area contributed by atoms with Gasteiger partial charge < -0.3 is 14.6 Å². The largest absolute Gasteiger partial charge is 0.495 e. The number of aromatic nitrogens is 2. The van der Waals surface area contributed by atoms with Crippen LogP contribution in [0.25, 0.3) is 16.9 Å². The minimum atomic E-state index is -0.190. The molecule has 150 valence electrons. The first-order valence-electron chi connectivity index (χ1n) is 9.73. The lowest BCUT2D eigenvalue weighted by Crippen LogP contribution is -2.12. The van der Waals surface area contributed by atoms with E-state index in [9.17, 15) is 4.79 Å². The summed E-state index contributed by atoms with van der Waals surface area (Å²) in [7, 11) is 1.58. The number of carbonyl (C=O) groups excluding carboxylic acids is 1. The Morgan fingerprint density at radius 3 is 2.30 bits per heavy atom. The number of nitrogens with zero attached hydrogens (tertiary/aromatic N) is 2. The molecule has 2 heterocycles. The van der Waals surface area contributed by atoms with Gasteiger partial charge in [-0.15, -0.1) is 0 Å². The zero-order valence-corrected chi connectivity index (χ0v) is 17.2. The first-order valence-corrected chi connectivity index (χ1v) is 9.73. The minimum Gasteiger partial charge on any atom is -0.495 e. The maximum absolute atomic E-state index is 12.7. The lowest BCUT2D eigenvalue weighted by molar-refractivity contribution is 0.102. The highest BCUT2D eigenvalue weighted by Gasteiger charge is 2.13. The number of para-hydroxylation sites is 2. The van der Waals surface area contributed by atoms with Crippen LogP contribution in [0.4, 0.5) is 5.69 Å². The fourth-order valence-corrected chi connectivity index (χ4v) is 3.57. The second-order valence-corrected chi connectivity index (χ2v) is 7.05. The van der Waals surface area contributed by atoms with Crippen LogP contribution in [0.2, 0.25) is 0 Å². The molecule has 4 aromatic rings. The first kappa shape index (κ1) is 19.5. The summed E-state index contributed by atoms with van der Waals surface area (Å²) in [6.45, 7) is 4.16. The van der Waals surface area contributed by atoms with Gasteiger partial charge in [0, 0.05) is 28.7 Å². The number of aryl methyl sites for hydroxylation is 2. The van der Waals surface area contributed by atoms with Gasteiger partial charge in [-0.1, -0.05) is 24.3 Å². The van der Waals surface area contributed by atoms with Gasteiger partial charge in [-0.3, -0.25) is 9.78 Å². The number of pyridine rings is 1. The van der Waals surface area contributed by atoms with E-state index >= 15 is 0 Å². The van der Waals surface area contributed by atoms with Gasteiger partial charge in [-0.05, 0) is 62.4 Å². The highest BCUT2D eigenvalue weighted by Crippen LogP contribution is 2.28. The third-order valence-electron chi connectivity index (χ3n) is 5.07. The molecular weight excluding hydrogens is 374 g/mol. The molecule has 0 bridgehead atoms. The summed E-state index contributed by atoms with van der Waals surface area (Å²) in [5, 5.41) is 2.90. The van der Waals surface area contributed by atoms with Crippen molar-refractivity contribution < 1.29 is 9.53 Å². The number of nitrogens with one attached hydrogen (secondary N) is 1. The molecule has 0 aliphatic rings. The summed E-state index contributed by atoms with van der Waals surface area (Å²) in [5.41, 5.74) is 6.34. The molecule has 0 spiro atoms. The smallest absolute Gasteiger partial charge is 0.255 e. The molecular formula is C25H23N3O2. The summed E-state index contributed by atoms with van der Waals surface area (Å²) in [6, 6.07) is 23.0. The Morgan fingerprint density at radius 1 is 0.900 bits per heavy atom.